The van der Waals surface area contributed by atoms with Crippen molar-refractivity contribution in [3.63, 3.8) is 0 Å². The number of ether oxygens (including phenoxy) is 1. The quantitative estimate of drug-likeness (QED) is 0.244. The molecule has 0 fully saturated rings. The number of thioether (sulfide) groups is 1. The van der Waals surface area contributed by atoms with Crippen LogP contribution >= 0.6 is 35.3 Å². The molecule has 0 saturated heterocycles. The first-order valence-corrected chi connectivity index (χ1v) is 11.1. The molecule has 0 aliphatic heterocycles. The highest BCUT2D eigenvalue weighted by molar-refractivity contribution is 7.98. The Morgan fingerprint density at radius 1 is 1.21 bits per heavy atom. The standard InChI is InChI=1S/C21H19N3O2S3/c1-13-6-4-7-14(10-13)12-28-20-22-18-17(19(25)23(20)2)29-21(27)24(18)15-8-5-9-16(11-15)26-3/h4-11H,12H2,1-3H3. The summed E-state index contributed by atoms with van der Waals surface area (Å²) in [5.41, 5.74) is 3.74. The highest BCUT2D eigenvalue weighted by Crippen LogP contribution is 2.28. The minimum Gasteiger partial charge on any atom is -0.497 e. The molecule has 4 rings (SSSR count). The van der Waals surface area contributed by atoms with Crippen LogP contribution in [0.3, 0.4) is 0 Å². The Bertz CT molecular complexity index is 1320. The molecular formula is C21H19N3O2S3. The maximum Gasteiger partial charge on any atom is 0.273 e. The number of thiazole rings is 1. The second-order valence-electron chi connectivity index (χ2n) is 6.59. The number of aryl methyl sites for hydroxylation is 1. The van der Waals surface area contributed by atoms with Crippen LogP contribution in [-0.4, -0.2) is 21.2 Å². The molecule has 0 atom stereocenters. The zero-order valence-electron chi connectivity index (χ0n) is 16.2. The maximum absolute atomic E-state index is 13.0. The first-order chi connectivity index (χ1) is 14.0. The van der Waals surface area contributed by atoms with E-state index in [1.54, 1.807) is 30.5 Å². The van der Waals surface area contributed by atoms with Crippen LogP contribution in [0.5, 0.6) is 5.75 Å². The Morgan fingerprint density at radius 3 is 2.76 bits per heavy atom. The highest BCUT2D eigenvalue weighted by Gasteiger charge is 2.16. The lowest BCUT2D eigenvalue weighted by Gasteiger charge is -2.10. The van der Waals surface area contributed by atoms with Crippen molar-refractivity contribution in [2.24, 2.45) is 7.05 Å². The van der Waals surface area contributed by atoms with Gasteiger partial charge in [0.2, 0.25) is 0 Å². The zero-order valence-corrected chi connectivity index (χ0v) is 18.7. The fourth-order valence-electron chi connectivity index (χ4n) is 3.07. The number of nitrogens with zero attached hydrogens (tertiary/aromatic N) is 3. The van der Waals surface area contributed by atoms with Crippen LogP contribution in [0.25, 0.3) is 16.0 Å². The Morgan fingerprint density at radius 2 is 2.00 bits per heavy atom. The lowest BCUT2D eigenvalue weighted by atomic mass is 10.2. The van der Waals surface area contributed by atoms with Crippen LogP contribution in [0.4, 0.5) is 0 Å². The van der Waals surface area contributed by atoms with Gasteiger partial charge in [0.25, 0.3) is 5.56 Å². The molecule has 0 unspecified atom stereocenters. The van der Waals surface area contributed by atoms with E-state index in [-0.39, 0.29) is 5.56 Å². The molecular weight excluding hydrogens is 422 g/mol. The van der Waals surface area contributed by atoms with Crippen molar-refractivity contribution in [2.75, 3.05) is 7.11 Å². The molecule has 148 valence electrons. The van der Waals surface area contributed by atoms with Gasteiger partial charge < -0.3 is 4.74 Å². The number of hydrogen-bond acceptors (Lipinski definition) is 6. The predicted octanol–water partition coefficient (Wildman–Crippen LogP) is 5.12. The first-order valence-electron chi connectivity index (χ1n) is 8.93. The predicted molar refractivity (Wildman–Crippen MR) is 122 cm³/mol. The van der Waals surface area contributed by atoms with Crippen molar-refractivity contribution in [3.05, 3.63) is 74.0 Å². The molecule has 0 N–H and O–H groups in total. The van der Waals surface area contributed by atoms with E-state index in [0.717, 1.165) is 17.2 Å². The third-order valence-electron chi connectivity index (χ3n) is 4.54. The first kappa shape index (κ1) is 19.9. The van der Waals surface area contributed by atoms with Gasteiger partial charge in [0, 0.05) is 18.9 Å². The zero-order chi connectivity index (χ0) is 20.5. The van der Waals surface area contributed by atoms with Gasteiger partial charge >= 0.3 is 0 Å². The summed E-state index contributed by atoms with van der Waals surface area (Å²) in [7, 11) is 3.38. The third kappa shape index (κ3) is 3.88. The van der Waals surface area contributed by atoms with Gasteiger partial charge in [-0.15, -0.1) is 0 Å². The SMILES string of the molecule is COc1cccc(-n2c(=S)sc3c(=O)n(C)c(SCc4cccc(C)c4)nc32)c1. The largest absolute Gasteiger partial charge is 0.497 e. The van der Waals surface area contributed by atoms with Crippen molar-refractivity contribution in [3.8, 4) is 11.4 Å². The number of rotatable bonds is 5. The van der Waals surface area contributed by atoms with Gasteiger partial charge in [-0.05, 0) is 36.8 Å². The molecule has 0 aliphatic carbocycles. The van der Waals surface area contributed by atoms with Gasteiger partial charge in [0.1, 0.15) is 10.4 Å². The summed E-state index contributed by atoms with van der Waals surface area (Å²) >= 11 is 8.39. The Kier molecular flexibility index (Phi) is 5.58. The minimum absolute atomic E-state index is 0.0838. The molecule has 0 amide bonds. The molecule has 2 aromatic carbocycles. The smallest absolute Gasteiger partial charge is 0.273 e. The third-order valence-corrected chi connectivity index (χ3v) is 6.99. The molecule has 0 radical (unpaired) electrons. The minimum atomic E-state index is -0.0838. The van der Waals surface area contributed by atoms with Crippen molar-refractivity contribution in [1.82, 2.24) is 14.1 Å². The fraction of sp³-hybridized carbons (Fsp3) is 0.190. The molecule has 5 nitrogen and oxygen atoms in total. The van der Waals surface area contributed by atoms with Crippen molar-refractivity contribution >= 4 is 45.7 Å². The fourth-order valence-corrected chi connectivity index (χ4v) is 5.32. The highest BCUT2D eigenvalue weighted by atomic mass is 32.2. The monoisotopic (exact) mass is 441 g/mol. The van der Waals surface area contributed by atoms with Gasteiger partial charge in [-0.1, -0.05) is 59.0 Å². The van der Waals surface area contributed by atoms with E-state index >= 15 is 0 Å². The number of fused-ring (bicyclic) bond motifs is 1. The summed E-state index contributed by atoms with van der Waals surface area (Å²) in [5.74, 6) is 1.46. The van der Waals surface area contributed by atoms with Crippen LogP contribution in [0.2, 0.25) is 0 Å². The summed E-state index contributed by atoms with van der Waals surface area (Å²) in [6.45, 7) is 2.07. The van der Waals surface area contributed by atoms with Crippen molar-refractivity contribution < 1.29 is 4.74 Å². The number of aromatic nitrogens is 3. The van der Waals surface area contributed by atoms with Crippen molar-refractivity contribution in [2.45, 2.75) is 17.8 Å². The second-order valence-corrected chi connectivity index (χ2v) is 9.18. The van der Waals surface area contributed by atoms with Gasteiger partial charge in [0.15, 0.2) is 14.8 Å². The molecule has 29 heavy (non-hydrogen) atoms. The van der Waals surface area contributed by atoms with E-state index < -0.39 is 0 Å². The van der Waals surface area contributed by atoms with E-state index in [1.165, 1.54) is 22.5 Å². The average molecular weight is 442 g/mol. The van der Waals surface area contributed by atoms with Gasteiger partial charge in [0.05, 0.1) is 12.8 Å². The molecule has 2 heterocycles. The molecule has 4 aromatic rings. The lowest BCUT2D eigenvalue weighted by Crippen LogP contribution is -2.19. The Hall–Kier alpha value is -2.42. The summed E-state index contributed by atoms with van der Waals surface area (Å²) in [6.07, 6.45) is 0. The van der Waals surface area contributed by atoms with Crippen LogP contribution < -0.4 is 10.3 Å². The number of methoxy groups -OCH3 is 1. The summed E-state index contributed by atoms with van der Waals surface area (Å²) in [6, 6.07) is 15.9. The van der Waals surface area contributed by atoms with E-state index in [4.69, 9.17) is 21.9 Å². The Balaban J connectivity index is 1.82. The molecule has 0 bridgehead atoms. The molecule has 0 spiro atoms. The number of benzene rings is 2. The summed E-state index contributed by atoms with van der Waals surface area (Å²) in [4.78, 5) is 17.8. The number of hydrogen-bond donors (Lipinski definition) is 0. The maximum atomic E-state index is 13.0. The average Bonchev–Trinajstić information content (AvgIpc) is 3.05. The molecule has 8 heteroatoms. The summed E-state index contributed by atoms with van der Waals surface area (Å²) in [5, 5.41) is 0.661. The van der Waals surface area contributed by atoms with Crippen molar-refractivity contribution in [1.29, 1.82) is 0 Å². The van der Waals surface area contributed by atoms with Gasteiger partial charge in [-0.2, -0.15) is 0 Å². The van der Waals surface area contributed by atoms with Gasteiger partial charge in [-0.3, -0.25) is 13.9 Å². The van der Waals surface area contributed by atoms with Crippen LogP contribution in [0, 0.1) is 10.9 Å². The van der Waals surface area contributed by atoms with E-state index in [9.17, 15) is 4.79 Å². The molecule has 0 saturated carbocycles. The summed E-state index contributed by atoms with van der Waals surface area (Å²) < 4.78 is 9.92. The van der Waals surface area contributed by atoms with Gasteiger partial charge in [-0.25, -0.2) is 4.98 Å². The molecule has 2 aromatic heterocycles. The lowest BCUT2D eigenvalue weighted by molar-refractivity contribution is 0.414. The van der Waals surface area contributed by atoms with E-state index in [2.05, 4.69) is 25.1 Å². The normalized spacial score (nSPS) is 11.1. The van der Waals surface area contributed by atoms with E-state index in [0.29, 0.717) is 19.5 Å². The Labute approximate surface area is 181 Å². The van der Waals surface area contributed by atoms with Crippen LogP contribution in [0.1, 0.15) is 11.1 Å². The van der Waals surface area contributed by atoms with Crippen LogP contribution in [-0.2, 0) is 12.8 Å². The second kappa shape index (κ2) is 8.14. The topological polar surface area (TPSA) is 49.0 Å². The van der Waals surface area contributed by atoms with Crippen LogP contribution in [0.15, 0.2) is 58.5 Å². The van der Waals surface area contributed by atoms with E-state index in [1.807, 2.05) is 34.9 Å². The molecule has 0 aliphatic rings.